The van der Waals surface area contributed by atoms with E-state index >= 15 is 0 Å². The second-order valence-corrected chi connectivity index (χ2v) is 7.37. The van der Waals surface area contributed by atoms with Crippen molar-refractivity contribution in [1.29, 1.82) is 0 Å². The van der Waals surface area contributed by atoms with Crippen LogP contribution in [0.3, 0.4) is 0 Å². The van der Waals surface area contributed by atoms with Crippen LogP contribution in [0, 0.1) is 6.92 Å². The maximum absolute atomic E-state index is 12.5. The predicted octanol–water partition coefficient (Wildman–Crippen LogP) is 4.22. The minimum Gasteiger partial charge on any atom is -0.369 e. The van der Waals surface area contributed by atoms with E-state index in [4.69, 9.17) is 5.73 Å². The molecule has 6 heteroatoms. The summed E-state index contributed by atoms with van der Waals surface area (Å²) in [6, 6.07) is 17.2. The van der Waals surface area contributed by atoms with Crippen molar-refractivity contribution in [3.05, 3.63) is 83.2 Å². The Balaban J connectivity index is 1.60. The maximum atomic E-state index is 12.5. The van der Waals surface area contributed by atoms with Gasteiger partial charge in [-0.15, -0.1) is 0 Å². The Hall–Kier alpha value is -3.93. The number of benzene rings is 2. The Morgan fingerprint density at radius 3 is 2.57 bits per heavy atom. The number of aromatic nitrogens is 1. The lowest BCUT2D eigenvalue weighted by Gasteiger charge is -2.09. The highest BCUT2D eigenvalue weighted by molar-refractivity contribution is 6.35. The van der Waals surface area contributed by atoms with Crippen LogP contribution in [-0.2, 0) is 9.59 Å². The van der Waals surface area contributed by atoms with E-state index in [1.54, 1.807) is 13.1 Å². The van der Waals surface area contributed by atoms with Gasteiger partial charge in [0.2, 0.25) is 5.91 Å². The number of primary amides is 1. The Morgan fingerprint density at radius 1 is 1.10 bits per heavy atom. The third kappa shape index (κ3) is 3.93. The van der Waals surface area contributed by atoms with Crippen molar-refractivity contribution in [2.75, 3.05) is 10.6 Å². The topological polar surface area (TPSA) is 97.1 Å². The summed E-state index contributed by atoms with van der Waals surface area (Å²) in [6.07, 6.45) is 3.61. The molecule has 1 aromatic heterocycles. The van der Waals surface area contributed by atoms with Gasteiger partial charge in [-0.05, 0) is 67.4 Å². The van der Waals surface area contributed by atoms with E-state index in [1.165, 1.54) is 0 Å². The molecule has 150 valence electrons. The van der Waals surface area contributed by atoms with Crippen molar-refractivity contribution in [3.63, 3.8) is 0 Å². The lowest BCUT2D eigenvalue weighted by Crippen LogP contribution is -2.18. The van der Waals surface area contributed by atoms with Crippen LogP contribution in [0.1, 0.15) is 35.2 Å². The number of nitrogens with one attached hydrogen (secondary N) is 2. The van der Waals surface area contributed by atoms with Crippen molar-refractivity contribution in [1.82, 2.24) is 4.98 Å². The van der Waals surface area contributed by atoms with Crippen molar-refractivity contribution in [3.8, 4) is 0 Å². The van der Waals surface area contributed by atoms with E-state index in [9.17, 15) is 9.59 Å². The number of anilines is 3. The van der Waals surface area contributed by atoms with Gasteiger partial charge in [-0.2, -0.15) is 0 Å². The fourth-order valence-corrected chi connectivity index (χ4v) is 3.40. The van der Waals surface area contributed by atoms with Gasteiger partial charge < -0.3 is 16.4 Å². The molecule has 6 nitrogen and oxygen atoms in total. The van der Waals surface area contributed by atoms with Gasteiger partial charge in [0.15, 0.2) is 0 Å². The summed E-state index contributed by atoms with van der Waals surface area (Å²) in [7, 11) is 0. The molecule has 4 rings (SSSR count). The lowest BCUT2D eigenvalue weighted by molar-refractivity contribution is -0.119. The number of aryl methyl sites for hydroxylation is 1. The molecule has 0 radical (unpaired) electrons. The first kappa shape index (κ1) is 19.4. The second-order valence-electron chi connectivity index (χ2n) is 7.37. The van der Waals surface area contributed by atoms with Crippen LogP contribution in [0.2, 0.25) is 0 Å². The Kier molecular flexibility index (Phi) is 5.06. The fourth-order valence-electron chi connectivity index (χ4n) is 3.40. The van der Waals surface area contributed by atoms with Crippen molar-refractivity contribution in [2.24, 2.45) is 5.73 Å². The van der Waals surface area contributed by atoms with Gasteiger partial charge in [-0.1, -0.05) is 18.2 Å². The molecule has 0 fully saturated rings. The van der Waals surface area contributed by atoms with Gasteiger partial charge in [0.05, 0.1) is 5.92 Å². The van der Waals surface area contributed by atoms with Crippen LogP contribution in [0.15, 0.2) is 60.8 Å². The van der Waals surface area contributed by atoms with Gasteiger partial charge >= 0.3 is 0 Å². The quantitative estimate of drug-likeness (QED) is 0.561. The van der Waals surface area contributed by atoms with E-state index in [0.29, 0.717) is 5.57 Å². The number of rotatable bonds is 5. The second kappa shape index (κ2) is 7.83. The average Bonchev–Trinajstić information content (AvgIpc) is 3.03. The van der Waals surface area contributed by atoms with Gasteiger partial charge in [0.1, 0.15) is 0 Å². The van der Waals surface area contributed by atoms with Crippen LogP contribution in [0.5, 0.6) is 0 Å². The molecule has 1 atom stereocenters. The number of nitrogens with two attached hydrogens (primary N) is 1. The molecule has 0 bridgehead atoms. The number of carbonyl (C=O) groups excluding carboxylic acids is 2. The third-order valence-corrected chi connectivity index (χ3v) is 5.16. The van der Waals surface area contributed by atoms with Crippen molar-refractivity contribution >= 4 is 40.5 Å². The number of nitrogens with zero attached hydrogens (tertiary/aromatic N) is 1. The maximum Gasteiger partial charge on any atom is 0.256 e. The predicted molar refractivity (Wildman–Crippen MR) is 119 cm³/mol. The zero-order valence-electron chi connectivity index (χ0n) is 16.8. The molecule has 0 aliphatic carbocycles. The first-order valence-corrected chi connectivity index (χ1v) is 9.67. The van der Waals surface area contributed by atoms with Crippen LogP contribution >= 0.6 is 0 Å². The van der Waals surface area contributed by atoms with Crippen LogP contribution in [-0.4, -0.2) is 16.8 Å². The zero-order chi connectivity index (χ0) is 21.3. The molecule has 4 N–H and O–H groups in total. The lowest BCUT2D eigenvalue weighted by atomic mass is 9.95. The summed E-state index contributed by atoms with van der Waals surface area (Å²) in [5.74, 6) is -0.983. The van der Waals surface area contributed by atoms with Crippen LogP contribution in [0.4, 0.5) is 17.1 Å². The summed E-state index contributed by atoms with van der Waals surface area (Å²) < 4.78 is 0. The molecule has 2 heterocycles. The summed E-state index contributed by atoms with van der Waals surface area (Å²) in [4.78, 5) is 28.2. The van der Waals surface area contributed by atoms with E-state index in [-0.39, 0.29) is 5.91 Å². The SMILES string of the molecule is Cc1cc(Nc2ccc(/C=C3\C(=O)Nc4ccc(C(C)C(N)=O)cc43)cc2)ccn1. The minimum atomic E-state index is -0.422. The molecule has 1 aliphatic heterocycles. The number of hydrogen-bond donors (Lipinski definition) is 3. The average molecular weight is 398 g/mol. The Bertz CT molecular complexity index is 1170. The van der Waals surface area contributed by atoms with Gasteiger partial charge in [0, 0.05) is 40.1 Å². The Morgan fingerprint density at radius 2 is 1.87 bits per heavy atom. The highest BCUT2D eigenvalue weighted by Gasteiger charge is 2.25. The van der Waals surface area contributed by atoms with Crippen molar-refractivity contribution in [2.45, 2.75) is 19.8 Å². The molecule has 0 saturated heterocycles. The number of hydrogen-bond acceptors (Lipinski definition) is 4. The largest absolute Gasteiger partial charge is 0.369 e. The van der Waals surface area contributed by atoms with Crippen LogP contribution < -0.4 is 16.4 Å². The van der Waals surface area contributed by atoms with Crippen molar-refractivity contribution < 1.29 is 9.59 Å². The molecule has 2 amide bonds. The van der Waals surface area contributed by atoms with Gasteiger partial charge in [0.25, 0.3) is 5.91 Å². The molecular weight excluding hydrogens is 376 g/mol. The first-order valence-electron chi connectivity index (χ1n) is 9.67. The number of pyridine rings is 1. The van der Waals surface area contributed by atoms with E-state index in [1.807, 2.05) is 67.6 Å². The summed E-state index contributed by atoms with van der Waals surface area (Å²) >= 11 is 0. The summed E-state index contributed by atoms with van der Waals surface area (Å²) in [6.45, 7) is 3.70. The van der Waals surface area contributed by atoms with Gasteiger partial charge in [-0.3, -0.25) is 14.6 Å². The van der Waals surface area contributed by atoms with Gasteiger partial charge in [-0.25, -0.2) is 0 Å². The number of carbonyl (C=O) groups is 2. The fraction of sp³-hybridized carbons (Fsp3) is 0.125. The molecule has 2 aromatic carbocycles. The molecule has 30 heavy (non-hydrogen) atoms. The monoisotopic (exact) mass is 398 g/mol. The first-order chi connectivity index (χ1) is 14.4. The molecule has 3 aromatic rings. The summed E-state index contributed by atoms with van der Waals surface area (Å²) in [5, 5.41) is 6.21. The van der Waals surface area contributed by atoms with E-state index in [2.05, 4.69) is 15.6 Å². The third-order valence-electron chi connectivity index (χ3n) is 5.16. The Labute approximate surface area is 174 Å². The summed E-state index contributed by atoms with van der Waals surface area (Å²) in [5.41, 5.74) is 12.0. The van der Waals surface area contributed by atoms with E-state index < -0.39 is 11.8 Å². The number of amides is 2. The standard InChI is InChI=1S/C24H22N4O2/c1-14-11-19(9-10-26-14)27-18-6-3-16(4-7-18)12-21-20-13-17(15(2)23(25)29)5-8-22(20)28-24(21)30/h3-13,15H,1-2H3,(H2,25,29)(H,26,27)(H,28,30)/b21-12-. The minimum absolute atomic E-state index is 0.164. The normalized spacial score (nSPS) is 14.9. The molecule has 1 unspecified atom stereocenters. The number of fused-ring (bicyclic) bond motifs is 1. The van der Waals surface area contributed by atoms with Crippen LogP contribution in [0.25, 0.3) is 11.6 Å². The molecule has 0 spiro atoms. The molecular formula is C24H22N4O2. The highest BCUT2D eigenvalue weighted by Crippen LogP contribution is 2.35. The molecule has 1 aliphatic rings. The zero-order valence-corrected chi connectivity index (χ0v) is 16.8. The smallest absolute Gasteiger partial charge is 0.256 e. The van der Waals surface area contributed by atoms with E-state index in [0.717, 1.165) is 39.4 Å². The molecule has 0 saturated carbocycles. The highest BCUT2D eigenvalue weighted by atomic mass is 16.2.